The zero-order chi connectivity index (χ0) is 15.5. The SMILES string of the molecule is CC1CCCC(CC(=O)Nc2ccc3c(c2F)CCNC3)C1. The number of nitrogens with one attached hydrogen (secondary N) is 2. The smallest absolute Gasteiger partial charge is 0.224 e. The largest absolute Gasteiger partial charge is 0.324 e. The molecule has 120 valence electrons. The summed E-state index contributed by atoms with van der Waals surface area (Å²) in [5.74, 6) is 0.865. The highest BCUT2D eigenvalue weighted by Crippen LogP contribution is 2.31. The number of amides is 1. The average molecular weight is 304 g/mol. The van der Waals surface area contributed by atoms with E-state index in [1.807, 2.05) is 6.07 Å². The number of hydrogen-bond acceptors (Lipinski definition) is 2. The number of carbonyl (C=O) groups is 1. The maximum absolute atomic E-state index is 14.5. The van der Waals surface area contributed by atoms with Crippen LogP contribution in [0.4, 0.5) is 10.1 Å². The minimum absolute atomic E-state index is 0.0492. The Kier molecular flexibility index (Phi) is 4.77. The van der Waals surface area contributed by atoms with Crippen LogP contribution in [0.3, 0.4) is 0 Å². The third-order valence-electron chi connectivity index (χ3n) is 5.00. The van der Waals surface area contributed by atoms with Crippen LogP contribution in [0.5, 0.6) is 0 Å². The van der Waals surface area contributed by atoms with Gasteiger partial charge in [0.05, 0.1) is 5.69 Å². The molecule has 2 N–H and O–H groups in total. The van der Waals surface area contributed by atoms with Crippen LogP contribution in [0, 0.1) is 17.7 Å². The van der Waals surface area contributed by atoms with Gasteiger partial charge in [0.15, 0.2) is 0 Å². The molecular weight excluding hydrogens is 279 g/mol. The second-order valence-electron chi connectivity index (χ2n) is 6.88. The molecule has 2 unspecified atom stereocenters. The molecule has 0 radical (unpaired) electrons. The van der Waals surface area contributed by atoms with E-state index < -0.39 is 0 Å². The van der Waals surface area contributed by atoms with Crippen molar-refractivity contribution in [1.29, 1.82) is 0 Å². The van der Waals surface area contributed by atoms with Gasteiger partial charge in [0.1, 0.15) is 5.82 Å². The molecule has 1 saturated carbocycles. The van der Waals surface area contributed by atoms with Crippen molar-refractivity contribution in [3.8, 4) is 0 Å². The molecule has 1 heterocycles. The Morgan fingerprint density at radius 1 is 1.41 bits per heavy atom. The Morgan fingerprint density at radius 3 is 3.09 bits per heavy atom. The molecule has 1 aliphatic carbocycles. The molecule has 22 heavy (non-hydrogen) atoms. The molecule has 0 spiro atoms. The van der Waals surface area contributed by atoms with Gasteiger partial charge in [-0.25, -0.2) is 4.39 Å². The van der Waals surface area contributed by atoms with Gasteiger partial charge in [-0.05, 0) is 54.8 Å². The van der Waals surface area contributed by atoms with Gasteiger partial charge in [0.2, 0.25) is 5.91 Å². The molecule has 3 nitrogen and oxygen atoms in total. The second kappa shape index (κ2) is 6.78. The van der Waals surface area contributed by atoms with Crippen LogP contribution in [0.2, 0.25) is 0 Å². The third-order valence-corrected chi connectivity index (χ3v) is 5.00. The van der Waals surface area contributed by atoms with Gasteiger partial charge in [0.25, 0.3) is 0 Å². The zero-order valence-corrected chi connectivity index (χ0v) is 13.3. The summed E-state index contributed by atoms with van der Waals surface area (Å²) in [4.78, 5) is 12.2. The normalized spacial score (nSPS) is 24.6. The van der Waals surface area contributed by atoms with Gasteiger partial charge < -0.3 is 10.6 Å². The zero-order valence-electron chi connectivity index (χ0n) is 13.3. The molecule has 0 saturated heterocycles. The number of halogens is 1. The molecular formula is C18H25FN2O. The molecule has 3 rings (SSSR count). The van der Waals surface area contributed by atoms with E-state index in [1.165, 1.54) is 12.8 Å². The lowest BCUT2D eigenvalue weighted by Crippen LogP contribution is -2.25. The predicted molar refractivity (Wildman–Crippen MR) is 86.2 cm³/mol. The molecule has 1 aromatic rings. The van der Waals surface area contributed by atoms with E-state index in [4.69, 9.17) is 0 Å². The molecule has 2 atom stereocenters. The summed E-state index contributed by atoms with van der Waals surface area (Å²) in [7, 11) is 0. The van der Waals surface area contributed by atoms with Crippen LogP contribution in [0.25, 0.3) is 0 Å². The highest BCUT2D eigenvalue weighted by Gasteiger charge is 2.22. The summed E-state index contributed by atoms with van der Waals surface area (Å²) in [6.07, 6.45) is 5.92. The van der Waals surface area contributed by atoms with Gasteiger partial charge in [-0.1, -0.05) is 25.8 Å². The number of hydrogen-bond donors (Lipinski definition) is 2. The predicted octanol–water partition coefficient (Wildman–Crippen LogP) is 3.63. The van der Waals surface area contributed by atoms with Crippen LogP contribution < -0.4 is 10.6 Å². The van der Waals surface area contributed by atoms with Crippen molar-refractivity contribution >= 4 is 11.6 Å². The fourth-order valence-electron chi connectivity index (χ4n) is 3.84. The van der Waals surface area contributed by atoms with Crippen molar-refractivity contribution in [3.63, 3.8) is 0 Å². The van der Waals surface area contributed by atoms with Crippen LogP contribution in [0.1, 0.15) is 50.2 Å². The molecule has 1 fully saturated rings. The molecule has 1 aromatic carbocycles. The number of anilines is 1. The van der Waals surface area contributed by atoms with Gasteiger partial charge in [-0.2, -0.15) is 0 Å². The fourth-order valence-corrected chi connectivity index (χ4v) is 3.84. The third kappa shape index (κ3) is 3.49. The fraction of sp³-hybridized carbons (Fsp3) is 0.611. The van der Waals surface area contributed by atoms with Crippen LogP contribution in [0.15, 0.2) is 12.1 Å². The maximum Gasteiger partial charge on any atom is 0.224 e. The average Bonchev–Trinajstić information content (AvgIpc) is 2.50. The Morgan fingerprint density at radius 2 is 2.27 bits per heavy atom. The number of fused-ring (bicyclic) bond motifs is 1. The first-order valence-corrected chi connectivity index (χ1v) is 8.44. The van der Waals surface area contributed by atoms with E-state index in [0.717, 1.165) is 30.5 Å². The molecule has 2 aliphatic rings. The van der Waals surface area contributed by atoms with E-state index >= 15 is 0 Å². The molecule has 4 heteroatoms. The van der Waals surface area contributed by atoms with Crippen molar-refractivity contribution in [2.45, 2.75) is 52.0 Å². The van der Waals surface area contributed by atoms with Crippen molar-refractivity contribution in [3.05, 3.63) is 29.1 Å². The van der Waals surface area contributed by atoms with E-state index in [-0.39, 0.29) is 11.7 Å². The lowest BCUT2D eigenvalue weighted by molar-refractivity contribution is -0.117. The van der Waals surface area contributed by atoms with E-state index in [2.05, 4.69) is 17.6 Å². The number of rotatable bonds is 3. The topological polar surface area (TPSA) is 41.1 Å². The number of carbonyl (C=O) groups excluding carboxylic acids is 1. The first kappa shape index (κ1) is 15.5. The van der Waals surface area contributed by atoms with Crippen molar-refractivity contribution in [2.75, 3.05) is 11.9 Å². The summed E-state index contributed by atoms with van der Waals surface area (Å²) in [6, 6.07) is 3.62. The van der Waals surface area contributed by atoms with E-state index in [9.17, 15) is 9.18 Å². The summed E-state index contributed by atoms with van der Waals surface area (Å²) in [6.45, 7) is 3.75. The number of benzene rings is 1. The Labute approximate surface area is 131 Å². The highest BCUT2D eigenvalue weighted by molar-refractivity contribution is 5.91. The second-order valence-corrected chi connectivity index (χ2v) is 6.88. The standard InChI is InChI=1S/C18H25FN2O/c1-12-3-2-4-13(9-12)10-17(22)21-16-6-5-14-11-20-8-7-15(14)18(16)19/h5-6,12-13,20H,2-4,7-11H2,1H3,(H,21,22). The Bertz CT molecular complexity index is 558. The van der Waals surface area contributed by atoms with Crippen LogP contribution in [-0.2, 0) is 17.8 Å². The summed E-state index contributed by atoms with van der Waals surface area (Å²) in [5.41, 5.74) is 2.10. The van der Waals surface area contributed by atoms with Gasteiger partial charge in [-0.15, -0.1) is 0 Å². The van der Waals surface area contributed by atoms with Crippen molar-refractivity contribution in [2.24, 2.45) is 11.8 Å². The van der Waals surface area contributed by atoms with Gasteiger partial charge >= 0.3 is 0 Å². The van der Waals surface area contributed by atoms with E-state index in [0.29, 0.717) is 36.9 Å². The monoisotopic (exact) mass is 304 g/mol. The molecule has 1 amide bonds. The quantitative estimate of drug-likeness (QED) is 0.895. The minimum atomic E-state index is -0.246. The Hall–Kier alpha value is -1.42. The highest BCUT2D eigenvalue weighted by atomic mass is 19.1. The minimum Gasteiger partial charge on any atom is -0.324 e. The summed E-state index contributed by atoms with van der Waals surface area (Å²) >= 11 is 0. The summed E-state index contributed by atoms with van der Waals surface area (Å²) < 4.78 is 14.5. The first-order chi connectivity index (χ1) is 10.6. The van der Waals surface area contributed by atoms with Crippen molar-refractivity contribution in [1.82, 2.24) is 5.32 Å². The maximum atomic E-state index is 14.5. The summed E-state index contributed by atoms with van der Waals surface area (Å²) in [5, 5.41) is 6.02. The van der Waals surface area contributed by atoms with E-state index in [1.54, 1.807) is 6.07 Å². The molecule has 1 aliphatic heterocycles. The molecule has 0 bridgehead atoms. The van der Waals surface area contributed by atoms with Crippen molar-refractivity contribution < 1.29 is 9.18 Å². The lowest BCUT2D eigenvalue weighted by atomic mass is 9.81. The lowest BCUT2D eigenvalue weighted by Gasteiger charge is -2.26. The molecule has 0 aromatic heterocycles. The Balaban J connectivity index is 1.64. The van der Waals surface area contributed by atoms with Gasteiger partial charge in [-0.3, -0.25) is 4.79 Å². The first-order valence-electron chi connectivity index (χ1n) is 8.44. The van der Waals surface area contributed by atoms with Gasteiger partial charge in [0, 0.05) is 13.0 Å². The van der Waals surface area contributed by atoms with Crippen LogP contribution >= 0.6 is 0 Å². The van der Waals surface area contributed by atoms with Crippen LogP contribution in [-0.4, -0.2) is 12.5 Å².